The standard InChI is InChI=1S/C21H15NO2/c1-22(15-7-3-2-4-8-15)21(24)14-11-12-17-16-9-5-6-10-18(16)20(23)19(17)13-14/h2-13H,1H3. The number of carbonyl (C=O) groups is 2. The van der Waals surface area contributed by atoms with Crippen molar-refractivity contribution in [1.82, 2.24) is 0 Å². The fraction of sp³-hybridized carbons (Fsp3) is 0.0476. The van der Waals surface area contributed by atoms with Gasteiger partial charge in [0.25, 0.3) is 5.91 Å². The SMILES string of the molecule is CN(C(=O)c1ccc2c(c1)C(=O)c1ccccc1-2)c1ccccc1. The molecule has 1 aliphatic rings. The van der Waals surface area contributed by atoms with Crippen LogP contribution in [0.15, 0.2) is 72.8 Å². The van der Waals surface area contributed by atoms with Crippen LogP contribution in [0.1, 0.15) is 26.3 Å². The minimum atomic E-state index is -0.132. The van der Waals surface area contributed by atoms with Gasteiger partial charge >= 0.3 is 0 Å². The van der Waals surface area contributed by atoms with E-state index in [1.165, 1.54) is 0 Å². The van der Waals surface area contributed by atoms with Crippen LogP contribution >= 0.6 is 0 Å². The summed E-state index contributed by atoms with van der Waals surface area (Å²) >= 11 is 0. The van der Waals surface area contributed by atoms with Gasteiger partial charge in [-0.2, -0.15) is 0 Å². The maximum absolute atomic E-state index is 12.7. The van der Waals surface area contributed by atoms with Crippen LogP contribution in [0, 0.1) is 0 Å². The van der Waals surface area contributed by atoms with Gasteiger partial charge in [0, 0.05) is 29.4 Å². The lowest BCUT2D eigenvalue weighted by atomic mass is 10.0. The Labute approximate surface area is 140 Å². The van der Waals surface area contributed by atoms with Crippen molar-refractivity contribution in [1.29, 1.82) is 0 Å². The molecule has 0 saturated carbocycles. The van der Waals surface area contributed by atoms with E-state index in [-0.39, 0.29) is 11.7 Å². The molecule has 0 atom stereocenters. The third-order valence-corrected chi connectivity index (χ3v) is 4.42. The number of nitrogens with zero attached hydrogens (tertiary/aromatic N) is 1. The Balaban J connectivity index is 1.73. The second-order valence-electron chi connectivity index (χ2n) is 5.83. The van der Waals surface area contributed by atoms with E-state index in [1.807, 2.05) is 60.7 Å². The van der Waals surface area contributed by atoms with Crippen LogP contribution < -0.4 is 4.90 Å². The van der Waals surface area contributed by atoms with Crippen molar-refractivity contribution in [3.63, 3.8) is 0 Å². The molecule has 0 aliphatic heterocycles. The number of anilines is 1. The molecule has 0 aromatic heterocycles. The lowest BCUT2D eigenvalue weighted by Gasteiger charge is -2.17. The van der Waals surface area contributed by atoms with Crippen molar-refractivity contribution < 1.29 is 9.59 Å². The summed E-state index contributed by atoms with van der Waals surface area (Å²) in [5.41, 5.74) is 4.47. The highest BCUT2D eigenvalue weighted by Gasteiger charge is 2.27. The predicted octanol–water partition coefficient (Wildman–Crippen LogP) is 4.17. The first-order chi connectivity index (χ1) is 11.7. The summed E-state index contributed by atoms with van der Waals surface area (Å²) in [5, 5.41) is 0. The van der Waals surface area contributed by atoms with Gasteiger partial charge in [0.15, 0.2) is 5.78 Å². The molecule has 4 rings (SSSR count). The Morgan fingerprint density at radius 3 is 2.12 bits per heavy atom. The molecule has 3 aromatic carbocycles. The lowest BCUT2D eigenvalue weighted by Crippen LogP contribution is -2.26. The number of amides is 1. The number of ketones is 1. The van der Waals surface area contributed by atoms with Gasteiger partial charge in [0.05, 0.1) is 0 Å². The van der Waals surface area contributed by atoms with E-state index < -0.39 is 0 Å². The van der Waals surface area contributed by atoms with Crippen LogP contribution in [0.3, 0.4) is 0 Å². The zero-order valence-corrected chi connectivity index (χ0v) is 13.2. The second kappa shape index (κ2) is 5.46. The number of para-hydroxylation sites is 1. The molecule has 3 nitrogen and oxygen atoms in total. The first-order valence-corrected chi connectivity index (χ1v) is 7.78. The third kappa shape index (κ3) is 2.14. The zero-order chi connectivity index (χ0) is 16.7. The maximum Gasteiger partial charge on any atom is 0.258 e. The topological polar surface area (TPSA) is 37.4 Å². The van der Waals surface area contributed by atoms with Gasteiger partial charge in [-0.3, -0.25) is 9.59 Å². The van der Waals surface area contributed by atoms with Crippen molar-refractivity contribution in [2.24, 2.45) is 0 Å². The van der Waals surface area contributed by atoms with E-state index in [2.05, 4.69) is 0 Å². The molecule has 0 spiro atoms. The van der Waals surface area contributed by atoms with E-state index in [0.717, 1.165) is 16.8 Å². The van der Waals surface area contributed by atoms with E-state index in [1.54, 1.807) is 24.1 Å². The summed E-state index contributed by atoms with van der Waals surface area (Å²) in [6.07, 6.45) is 0. The van der Waals surface area contributed by atoms with Crippen LogP contribution in [0.5, 0.6) is 0 Å². The van der Waals surface area contributed by atoms with Gasteiger partial charge in [-0.15, -0.1) is 0 Å². The number of carbonyl (C=O) groups excluding carboxylic acids is 2. The van der Waals surface area contributed by atoms with E-state index in [9.17, 15) is 9.59 Å². The molecule has 3 heteroatoms. The number of hydrogen-bond donors (Lipinski definition) is 0. The Hall–Kier alpha value is -3.20. The molecule has 0 unspecified atom stereocenters. The number of fused-ring (bicyclic) bond motifs is 3. The van der Waals surface area contributed by atoms with Crippen molar-refractivity contribution in [2.45, 2.75) is 0 Å². The number of rotatable bonds is 2. The van der Waals surface area contributed by atoms with Crippen LogP contribution in [-0.4, -0.2) is 18.7 Å². The molecule has 0 N–H and O–H groups in total. The predicted molar refractivity (Wildman–Crippen MR) is 94.5 cm³/mol. The maximum atomic E-state index is 12.7. The number of benzene rings is 3. The van der Waals surface area contributed by atoms with E-state index >= 15 is 0 Å². The van der Waals surface area contributed by atoms with Gasteiger partial charge in [0.2, 0.25) is 0 Å². The largest absolute Gasteiger partial charge is 0.311 e. The second-order valence-corrected chi connectivity index (χ2v) is 5.83. The Bertz CT molecular complexity index is 961. The Kier molecular flexibility index (Phi) is 3.28. The van der Waals surface area contributed by atoms with Crippen LogP contribution in [0.4, 0.5) is 5.69 Å². The van der Waals surface area contributed by atoms with Crippen LogP contribution in [-0.2, 0) is 0 Å². The molecule has 0 heterocycles. The van der Waals surface area contributed by atoms with Gasteiger partial charge in [-0.25, -0.2) is 0 Å². The summed E-state index contributed by atoms with van der Waals surface area (Å²) in [4.78, 5) is 26.9. The minimum Gasteiger partial charge on any atom is -0.311 e. The van der Waals surface area contributed by atoms with Crippen molar-refractivity contribution in [2.75, 3.05) is 11.9 Å². The van der Waals surface area contributed by atoms with Gasteiger partial charge in [0.1, 0.15) is 0 Å². The summed E-state index contributed by atoms with van der Waals surface area (Å²) in [7, 11) is 1.74. The molecule has 3 aromatic rings. The van der Waals surface area contributed by atoms with Crippen molar-refractivity contribution in [3.05, 3.63) is 89.5 Å². The molecule has 1 amide bonds. The van der Waals surface area contributed by atoms with Crippen LogP contribution in [0.2, 0.25) is 0 Å². The summed E-state index contributed by atoms with van der Waals surface area (Å²) in [5.74, 6) is -0.148. The fourth-order valence-electron chi connectivity index (χ4n) is 3.12. The highest BCUT2D eigenvalue weighted by Crippen LogP contribution is 2.36. The van der Waals surface area contributed by atoms with E-state index in [4.69, 9.17) is 0 Å². The normalized spacial score (nSPS) is 11.8. The average Bonchev–Trinajstić information content (AvgIpc) is 2.94. The molecule has 1 aliphatic carbocycles. The molecule has 116 valence electrons. The van der Waals surface area contributed by atoms with Gasteiger partial charge < -0.3 is 4.90 Å². The van der Waals surface area contributed by atoms with Crippen molar-refractivity contribution in [3.8, 4) is 11.1 Å². The first kappa shape index (κ1) is 14.4. The Morgan fingerprint density at radius 1 is 0.750 bits per heavy atom. The molecule has 0 bridgehead atoms. The quantitative estimate of drug-likeness (QED) is 0.557. The smallest absolute Gasteiger partial charge is 0.258 e. The zero-order valence-electron chi connectivity index (χ0n) is 13.2. The van der Waals surface area contributed by atoms with Gasteiger partial charge in [-0.05, 0) is 35.4 Å². The Morgan fingerprint density at radius 2 is 1.38 bits per heavy atom. The highest BCUT2D eigenvalue weighted by molar-refractivity contribution is 6.22. The molecular formula is C21H15NO2. The molecule has 0 saturated heterocycles. The fourth-order valence-corrected chi connectivity index (χ4v) is 3.12. The summed E-state index contributed by atoms with van der Waals surface area (Å²) in [6.45, 7) is 0. The highest BCUT2D eigenvalue weighted by atomic mass is 16.2. The minimum absolute atomic E-state index is 0.0161. The molecule has 0 fully saturated rings. The monoisotopic (exact) mass is 313 g/mol. The van der Waals surface area contributed by atoms with Crippen LogP contribution in [0.25, 0.3) is 11.1 Å². The van der Waals surface area contributed by atoms with Crippen molar-refractivity contribution >= 4 is 17.4 Å². The van der Waals surface area contributed by atoms with E-state index in [0.29, 0.717) is 16.7 Å². The lowest BCUT2D eigenvalue weighted by molar-refractivity contribution is 0.0993. The summed E-state index contributed by atoms with van der Waals surface area (Å²) in [6, 6.07) is 22.4. The molecule has 24 heavy (non-hydrogen) atoms. The number of hydrogen-bond acceptors (Lipinski definition) is 2. The summed E-state index contributed by atoms with van der Waals surface area (Å²) < 4.78 is 0. The average molecular weight is 313 g/mol. The van der Waals surface area contributed by atoms with Gasteiger partial charge in [-0.1, -0.05) is 48.5 Å². The molecular weight excluding hydrogens is 298 g/mol. The first-order valence-electron chi connectivity index (χ1n) is 7.78. The molecule has 0 radical (unpaired) electrons. The third-order valence-electron chi connectivity index (χ3n) is 4.42.